The fourth-order valence-corrected chi connectivity index (χ4v) is 2.86. The van der Waals surface area contributed by atoms with Gasteiger partial charge in [0.2, 0.25) is 0 Å². The molecular formula is C19H16FN3O5. The maximum atomic E-state index is 13.7. The Balaban J connectivity index is 1.60. The molecule has 3 aromatic rings. The first-order valence-electron chi connectivity index (χ1n) is 8.45. The van der Waals surface area contributed by atoms with Crippen molar-refractivity contribution in [1.29, 1.82) is 0 Å². The average Bonchev–Trinajstić information content (AvgIpc) is 3.36. The molecule has 1 fully saturated rings. The second-order valence-electron chi connectivity index (χ2n) is 6.41. The molecule has 0 spiro atoms. The number of fused-ring (bicyclic) bond motifs is 1. The van der Waals surface area contributed by atoms with Gasteiger partial charge in [0.1, 0.15) is 24.8 Å². The molecule has 1 aliphatic heterocycles. The van der Waals surface area contributed by atoms with E-state index in [0.717, 1.165) is 0 Å². The van der Waals surface area contributed by atoms with Gasteiger partial charge in [-0.15, -0.1) is 0 Å². The zero-order valence-electron chi connectivity index (χ0n) is 14.8. The van der Waals surface area contributed by atoms with Crippen LogP contribution in [-0.2, 0) is 16.1 Å². The molecule has 1 amide bonds. The predicted molar refractivity (Wildman–Crippen MR) is 94.4 cm³/mol. The highest BCUT2D eigenvalue weighted by Crippen LogP contribution is 2.27. The number of pyridine rings is 1. The monoisotopic (exact) mass is 385 g/mol. The molecule has 8 nitrogen and oxygen atoms in total. The van der Waals surface area contributed by atoms with Gasteiger partial charge in [0, 0.05) is 17.8 Å². The SMILES string of the molecule is Cc1nn2ccc(OCc3ccccc3F)cc2c1C(=O)NC1(C(=O)O)CO1. The molecule has 1 aliphatic rings. The van der Waals surface area contributed by atoms with E-state index in [4.69, 9.17) is 14.6 Å². The summed E-state index contributed by atoms with van der Waals surface area (Å²) in [7, 11) is 0. The van der Waals surface area contributed by atoms with E-state index < -0.39 is 17.6 Å². The van der Waals surface area contributed by atoms with Crippen molar-refractivity contribution in [1.82, 2.24) is 14.9 Å². The van der Waals surface area contributed by atoms with Gasteiger partial charge < -0.3 is 19.9 Å². The molecule has 1 atom stereocenters. The van der Waals surface area contributed by atoms with Crippen molar-refractivity contribution < 1.29 is 28.6 Å². The highest BCUT2D eigenvalue weighted by Gasteiger charge is 2.54. The Morgan fingerprint density at radius 3 is 2.82 bits per heavy atom. The maximum absolute atomic E-state index is 13.7. The van der Waals surface area contributed by atoms with E-state index in [0.29, 0.717) is 22.5 Å². The van der Waals surface area contributed by atoms with Crippen LogP contribution in [0.1, 0.15) is 21.6 Å². The summed E-state index contributed by atoms with van der Waals surface area (Å²) in [5.41, 5.74) is -0.213. The number of aliphatic carboxylic acids is 1. The minimum Gasteiger partial charge on any atom is -0.489 e. The van der Waals surface area contributed by atoms with Crippen molar-refractivity contribution in [2.45, 2.75) is 19.3 Å². The van der Waals surface area contributed by atoms with Crippen LogP contribution in [0.15, 0.2) is 42.6 Å². The molecule has 9 heteroatoms. The molecular weight excluding hydrogens is 369 g/mol. The quantitative estimate of drug-likeness (QED) is 0.628. The van der Waals surface area contributed by atoms with E-state index in [2.05, 4.69) is 10.4 Å². The lowest BCUT2D eigenvalue weighted by Gasteiger charge is -2.10. The number of carbonyl (C=O) groups is 2. The first-order valence-corrected chi connectivity index (χ1v) is 8.45. The fraction of sp³-hybridized carbons (Fsp3) is 0.211. The first-order chi connectivity index (χ1) is 13.4. The normalized spacial score (nSPS) is 18.1. The van der Waals surface area contributed by atoms with Crippen LogP contribution < -0.4 is 10.1 Å². The number of benzene rings is 1. The van der Waals surface area contributed by atoms with Crippen LogP contribution in [0.4, 0.5) is 4.39 Å². The van der Waals surface area contributed by atoms with Crippen LogP contribution in [0.2, 0.25) is 0 Å². The van der Waals surface area contributed by atoms with Crippen LogP contribution in [0.25, 0.3) is 5.52 Å². The number of carboxylic acids is 1. The summed E-state index contributed by atoms with van der Waals surface area (Å²) in [5.74, 6) is -1.82. The van der Waals surface area contributed by atoms with E-state index in [1.807, 2.05) is 0 Å². The van der Waals surface area contributed by atoms with Gasteiger partial charge in [0.25, 0.3) is 11.6 Å². The zero-order chi connectivity index (χ0) is 19.9. The molecule has 4 rings (SSSR count). The molecule has 1 aromatic carbocycles. The van der Waals surface area contributed by atoms with E-state index in [1.165, 1.54) is 10.6 Å². The van der Waals surface area contributed by atoms with Crippen molar-refractivity contribution in [3.05, 3.63) is 65.2 Å². The van der Waals surface area contributed by atoms with Crippen molar-refractivity contribution in [2.24, 2.45) is 0 Å². The lowest BCUT2D eigenvalue weighted by Crippen LogP contribution is -2.44. The molecule has 1 saturated heterocycles. The Bertz CT molecular complexity index is 1090. The number of hydrogen-bond acceptors (Lipinski definition) is 5. The lowest BCUT2D eigenvalue weighted by molar-refractivity contribution is -0.144. The summed E-state index contributed by atoms with van der Waals surface area (Å²) >= 11 is 0. The number of carbonyl (C=O) groups excluding carboxylic acids is 1. The van der Waals surface area contributed by atoms with Crippen molar-refractivity contribution >= 4 is 17.4 Å². The van der Waals surface area contributed by atoms with Crippen molar-refractivity contribution in [3.63, 3.8) is 0 Å². The molecule has 3 heterocycles. The van der Waals surface area contributed by atoms with Crippen LogP contribution in [-0.4, -0.2) is 38.9 Å². The van der Waals surface area contributed by atoms with Gasteiger partial charge in [-0.05, 0) is 19.1 Å². The van der Waals surface area contributed by atoms with Gasteiger partial charge in [-0.2, -0.15) is 5.10 Å². The molecule has 1 unspecified atom stereocenters. The molecule has 0 bridgehead atoms. The third-order valence-electron chi connectivity index (χ3n) is 4.45. The van der Waals surface area contributed by atoms with Gasteiger partial charge in [-0.3, -0.25) is 4.79 Å². The summed E-state index contributed by atoms with van der Waals surface area (Å²) < 4.78 is 25.8. The van der Waals surface area contributed by atoms with Gasteiger partial charge in [0.05, 0.1) is 16.8 Å². The minimum atomic E-state index is -1.68. The van der Waals surface area contributed by atoms with E-state index in [9.17, 15) is 14.0 Å². The molecule has 0 aliphatic carbocycles. The van der Waals surface area contributed by atoms with E-state index >= 15 is 0 Å². The average molecular weight is 385 g/mol. The van der Waals surface area contributed by atoms with E-state index in [1.54, 1.807) is 43.5 Å². The largest absolute Gasteiger partial charge is 0.489 e. The Morgan fingerprint density at radius 2 is 2.14 bits per heavy atom. The van der Waals surface area contributed by atoms with Gasteiger partial charge in [0.15, 0.2) is 0 Å². The summed E-state index contributed by atoms with van der Waals surface area (Å²) in [4.78, 5) is 23.9. The molecule has 2 N–H and O–H groups in total. The second kappa shape index (κ2) is 6.61. The van der Waals surface area contributed by atoms with Crippen LogP contribution >= 0.6 is 0 Å². The number of amides is 1. The smallest absolute Gasteiger partial charge is 0.359 e. The molecule has 144 valence electrons. The number of nitrogens with one attached hydrogen (secondary N) is 1. The maximum Gasteiger partial charge on any atom is 0.359 e. The summed E-state index contributed by atoms with van der Waals surface area (Å²) in [6.45, 7) is 1.57. The number of nitrogens with zero attached hydrogens (tertiary/aromatic N) is 2. The molecule has 0 saturated carbocycles. The molecule has 28 heavy (non-hydrogen) atoms. The highest BCUT2D eigenvalue weighted by molar-refractivity contribution is 6.04. The van der Waals surface area contributed by atoms with Gasteiger partial charge in [-0.25, -0.2) is 13.7 Å². The second-order valence-corrected chi connectivity index (χ2v) is 6.41. The third-order valence-corrected chi connectivity index (χ3v) is 4.45. The Hall–Kier alpha value is -3.46. The predicted octanol–water partition coefficient (Wildman–Crippen LogP) is 1.90. The van der Waals surface area contributed by atoms with Crippen LogP contribution in [0, 0.1) is 12.7 Å². The number of halogens is 1. The van der Waals surface area contributed by atoms with Gasteiger partial charge in [-0.1, -0.05) is 18.2 Å². The lowest BCUT2D eigenvalue weighted by atomic mass is 10.1. The van der Waals surface area contributed by atoms with Crippen LogP contribution in [0.5, 0.6) is 5.75 Å². The highest BCUT2D eigenvalue weighted by atomic mass is 19.1. The molecule has 0 radical (unpaired) electrons. The summed E-state index contributed by atoms with van der Waals surface area (Å²) in [6, 6.07) is 9.52. The zero-order valence-corrected chi connectivity index (χ0v) is 14.8. The number of hydrogen-bond donors (Lipinski definition) is 2. The number of rotatable bonds is 6. The standard InChI is InChI=1S/C19H16FN3O5/c1-11-16(17(24)21-19(10-28-19)18(25)26)15-8-13(6-7-23(15)22-11)27-9-12-4-2-3-5-14(12)20/h2-8H,9-10H2,1H3,(H,21,24)(H,25,26). The van der Waals surface area contributed by atoms with Gasteiger partial charge >= 0.3 is 5.97 Å². The topological polar surface area (TPSA) is 105 Å². The van der Waals surface area contributed by atoms with E-state index in [-0.39, 0.29) is 24.6 Å². The van der Waals surface area contributed by atoms with Crippen molar-refractivity contribution in [3.8, 4) is 5.75 Å². The fourth-order valence-electron chi connectivity index (χ4n) is 2.86. The molecule has 2 aromatic heterocycles. The number of ether oxygens (including phenoxy) is 2. The summed E-state index contributed by atoms with van der Waals surface area (Å²) in [6.07, 6.45) is 1.61. The minimum absolute atomic E-state index is 0.0213. The number of epoxide rings is 1. The third kappa shape index (κ3) is 3.16. The Kier molecular flexibility index (Phi) is 4.23. The number of carboxylic acid groups (broad SMARTS) is 1. The number of aryl methyl sites for hydroxylation is 1. The number of aromatic nitrogens is 2. The Morgan fingerprint density at radius 1 is 1.39 bits per heavy atom. The van der Waals surface area contributed by atoms with Crippen LogP contribution in [0.3, 0.4) is 0 Å². The first kappa shape index (κ1) is 17.9. The summed E-state index contributed by atoms with van der Waals surface area (Å²) in [5, 5.41) is 15.8. The van der Waals surface area contributed by atoms with Crippen molar-refractivity contribution in [2.75, 3.05) is 6.61 Å². The Labute approximate surface area is 158 Å².